The number of carbonyl (C=O) groups excluding carboxylic acids is 3. The van der Waals surface area contributed by atoms with E-state index in [1.165, 1.54) is 19.2 Å². The van der Waals surface area contributed by atoms with Crippen molar-refractivity contribution in [2.75, 3.05) is 17.7 Å². The van der Waals surface area contributed by atoms with Gasteiger partial charge in [0.05, 0.1) is 29.7 Å². The van der Waals surface area contributed by atoms with Crippen LogP contribution in [0.2, 0.25) is 5.15 Å². The Morgan fingerprint density at radius 2 is 1.53 bits per heavy atom. The van der Waals surface area contributed by atoms with Gasteiger partial charge in [-0.05, 0) is 54.3 Å². The van der Waals surface area contributed by atoms with E-state index in [9.17, 15) is 24.3 Å². The Kier molecular flexibility index (Phi) is 9.76. The van der Waals surface area contributed by atoms with E-state index in [4.69, 9.17) is 16.3 Å². The lowest BCUT2D eigenvalue weighted by atomic mass is 9.94. The summed E-state index contributed by atoms with van der Waals surface area (Å²) in [5.41, 5.74) is 1.22. The summed E-state index contributed by atoms with van der Waals surface area (Å²) >= 11 is 5.80. The second-order valence-corrected chi connectivity index (χ2v) is 11.2. The molecule has 18 nitrogen and oxygen atoms in total. The van der Waals surface area contributed by atoms with Gasteiger partial charge in [-0.1, -0.05) is 24.6 Å². The molecule has 256 valence electrons. The third-order valence-corrected chi connectivity index (χ3v) is 7.62. The van der Waals surface area contributed by atoms with E-state index in [-0.39, 0.29) is 39.4 Å². The van der Waals surface area contributed by atoms with Gasteiger partial charge in [0.15, 0.2) is 33.9 Å². The minimum Gasteiger partial charge on any atom is -0.476 e. The van der Waals surface area contributed by atoms with Gasteiger partial charge in [-0.15, -0.1) is 30.6 Å². The summed E-state index contributed by atoms with van der Waals surface area (Å²) in [5, 5.41) is 37.4. The number of aromatic nitrogens is 10. The predicted molar refractivity (Wildman–Crippen MR) is 178 cm³/mol. The predicted octanol–water partition coefficient (Wildman–Crippen LogP) is 3.42. The third-order valence-electron chi connectivity index (χ3n) is 7.43. The molecule has 1 atom stereocenters. The number of amides is 2. The molecule has 1 unspecified atom stereocenters. The van der Waals surface area contributed by atoms with Crippen molar-refractivity contribution in [3.8, 4) is 11.6 Å². The first kappa shape index (κ1) is 33.9. The number of nitrogens with zero attached hydrogens (tertiary/aromatic N) is 10. The van der Waals surface area contributed by atoms with E-state index in [2.05, 4.69) is 51.2 Å². The van der Waals surface area contributed by atoms with Crippen molar-refractivity contribution in [3.63, 3.8) is 0 Å². The molecule has 3 N–H and O–H groups in total. The van der Waals surface area contributed by atoms with E-state index in [0.717, 1.165) is 11.6 Å². The maximum absolute atomic E-state index is 13.0. The Balaban J connectivity index is 1.11. The van der Waals surface area contributed by atoms with Crippen molar-refractivity contribution in [1.82, 2.24) is 49.7 Å². The standard InChI is InChI=1S/C32H25ClN12O6/c1-17(18-3-4-21(20(12-18)32(50)51-2)36-29(46)22-5-7-26(41-38-22)44-10-9-34-15-44)11-19-14-45(16-35-19)27-8-6-23(39-42-27)30(47)37-24-13-25(33)40-43-28(24)31(48)49/h3-10,12-17H,11H2,1-2H3,(H,36,46)(H,48,49)(H,37,40,47). The quantitative estimate of drug-likeness (QED) is 0.164. The van der Waals surface area contributed by atoms with Gasteiger partial charge in [0.1, 0.15) is 12.7 Å². The zero-order valence-corrected chi connectivity index (χ0v) is 27.4. The van der Waals surface area contributed by atoms with Gasteiger partial charge in [0.25, 0.3) is 11.8 Å². The van der Waals surface area contributed by atoms with Crippen molar-refractivity contribution in [2.24, 2.45) is 0 Å². The summed E-state index contributed by atoms with van der Waals surface area (Å²) in [7, 11) is 1.25. The minimum atomic E-state index is -1.40. The Hall–Kier alpha value is -6.95. The van der Waals surface area contributed by atoms with Crippen molar-refractivity contribution >= 4 is 46.7 Å². The summed E-state index contributed by atoms with van der Waals surface area (Å²) < 4.78 is 8.25. The number of carbonyl (C=O) groups is 4. The van der Waals surface area contributed by atoms with Gasteiger partial charge < -0.3 is 20.5 Å². The van der Waals surface area contributed by atoms with E-state index in [1.54, 1.807) is 70.7 Å². The molecule has 6 rings (SSSR count). The fourth-order valence-corrected chi connectivity index (χ4v) is 4.99. The number of carboxylic acid groups (broad SMARTS) is 1. The highest BCUT2D eigenvalue weighted by atomic mass is 35.5. The summed E-state index contributed by atoms with van der Waals surface area (Å²) in [4.78, 5) is 58.3. The van der Waals surface area contributed by atoms with Crippen molar-refractivity contribution in [3.05, 3.63) is 119 Å². The molecule has 0 fully saturated rings. The number of nitrogens with one attached hydrogen (secondary N) is 2. The van der Waals surface area contributed by atoms with E-state index >= 15 is 0 Å². The number of halogens is 1. The molecule has 0 saturated carbocycles. The van der Waals surface area contributed by atoms with Crippen LogP contribution in [0.15, 0.2) is 79.8 Å². The molecule has 0 aliphatic carbocycles. The van der Waals surface area contributed by atoms with Crippen molar-refractivity contribution < 1.29 is 29.0 Å². The molecule has 19 heteroatoms. The molecule has 5 heterocycles. The second-order valence-electron chi connectivity index (χ2n) is 10.8. The SMILES string of the molecule is COC(=O)c1cc(C(C)Cc2cn(-c3ccc(C(=O)Nc4cc(Cl)nnc4C(=O)O)nn3)cn2)ccc1NC(=O)c1ccc(-n2ccnc2)nn1. The highest BCUT2D eigenvalue weighted by Gasteiger charge is 2.21. The molecular weight excluding hydrogens is 684 g/mol. The fourth-order valence-electron chi connectivity index (χ4n) is 4.84. The van der Waals surface area contributed by atoms with Crippen molar-refractivity contribution in [1.29, 1.82) is 0 Å². The number of methoxy groups -OCH3 is 1. The molecule has 0 radical (unpaired) electrons. The number of hydrogen-bond acceptors (Lipinski definition) is 13. The minimum absolute atomic E-state index is 0.0486. The van der Waals surface area contributed by atoms with Crippen LogP contribution in [0.1, 0.15) is 65.9 Å². The van der Waals surface area contributed by atoms with Crippen LogP contribution in [0.5, 0.6) is 0 Å². The van der Waals surface area contributed by atoms with Crippen LogP contribution < -0.4 is 10.6 Å². The maximum Gasteiger partial charge on any atom is 0.358 e. The Labute approximate surface area is 292 Å². The Bertz CT molecular complexity index is 2240. The zero-order chi connectivity index (χ0) is 36.1. The smallest absolute Gasteiger partial charge is 0.358 e. The first-order valence-corrected chi connectivity index (χ1v) is 15.3. The van der Waals surface area contributed by atoms with Gasteiger partial charge >= 0.3 is 11.9 Å². The van der Waals surface area contributed by atoms with Gasteiger partial charge in [-0.3, -0.25) is 18.7 Å². The molecule has 0 aliphatic rings. The van der Waals surface area contributed by atoms with Crippen molar-refractivity contribution in [2.45, 2.75) is 19.3 Å². The van der Waals surface area contributed by atoms with E-state index in [1.807, 2.05) is 6.92 Å². The number of benzene rings is 1. The lowest BCUT2D eigenvalue weighted by molar-refractivity contribution is 0.0600. The monoisotopic (exact) mass is 708 g/mol. The number of imidazole rings is 2. The van der Waals surface area contributed by atoms with Crippen LogP contribution in [0.25, 0.3) is 11.6 Å². The normalized spacial score (nSPS) is 11.4. The Morgan fingerprint density at radius 1 is 0.843 bits per heavy atom. The van der Waals surface area contributed by atoms with Crippen LogP contribution in [0, 0.1) is 0 Å². The maximum atomic E-state index is 13.0. The first-order chi connectivity index (χ1) is 24.6. The number of esters is 1. The fraction of sp³-hybridized carbons (Fsp3) is 0.125. The van der Waals surface area contributed by atoms with Gasteiger partial charge in [0, 0.05) is 24.7 Å². The average molecular weight is 709 g/mol. The molecule has 1 aromatic carbocycles. The number of hydrogen-bond donors (Lipinski definition) is 3. The summed E-state index contributed by atoms with van der Waals surface area (Å²) in [6.45, 7) is 1.96. The largest absolute Gasteiger partial charge is 0.476 e. The first-order valence-electron chi connectivity index (χ1n) is 14.9. The van der Waals surface area contributed by atoms with Crippen LogP contribution in [0.4, 0.5) is 11.4 Å². The number of anilines is 2. The van der Waals surface area contributed by atoms with E-state index in [0.29, 0.717) is 23.8 Å². The average Bonchev–Trinajstić information content (AvgIpc) is 3.85. The Morgan fingerprint density at radius 3 is 2.14 bits per heavy atom. The molecule has 5 aromatic heterocycles. The molecule has 6 aromatic rings. The molecule has 2 amide bonds. The zero-order valence-electron chi connectivity index (χ0n) is 26.6. The number of carboxylic acids is 1. The molecule has 51 heavy (non-hydrogen) atoms. The summed E-state index contributed by atoms with van der Waals surface area (Å²) in [6, 6.07) is 12.3. The van der Waals surface area contributed by atoms with Crippen LogP contribution >= 0.6 is 11.6 Å². The lowest BCUT2D eigenvalue weighted by Crippen LogP contribution is -2.18. The highest BCUT2D eigenvalue weighted by Crippen LogP contribution is 2.27. The number of rotatable bonds is 11. The van der Waals surface area contributed by atoms with Gasteiger partial charge in [-0.25, -0.2) is 19.6 Å². The topological polar surface area (TPSA) is 235 Å². The van der Waals surface area contributed by atoms with E-state index < -0.39 is 29.4 Å². The van der Waals surface area contributed by atoms with Gasteiger partial charge in [0.2, 0.25) is 0 Å². The molecule has 0 aliphatic heterocycles. The third kappa shape index (κ3) is 7.70. The van der Waals surface area contributed by atoms with Crippen LogP contribution in [0.3, 0.4) is 0 Å². The molecule has 0 bridgehead atoms. The molecular formula is C32H25ClN12O6. The van der Waals surface area contributed by atoms with Crippen LogP contribution in [-0.4, -0.2) is 85.7 Å². The van der Waals surface area contributed by atoms with Gasteiger partial charge in [-0.2, -0.15) is 0 Å². The number of ether oxygens (including phenoxy) is 1. The second kappa shape index (κ2) is 14.7. The van der Waals surface area contributed by atoms with Crippen LogP contribution in [-0.2, 0) is 11.2 Å². The summed E-state index contributed by atoms with van der Waals surface area (Å²) in [5.74, 6) is -2.59. The molecule has 0 spiro atoms. The highest BCUT2D eigenvalue weighted by molar-refractivity contribution is 6.29. The lowest BCUT2D eigenvalue weighted by Gasteiger charge is -2.15. The summed E-state index contributed by atoms with van der Waals surface area (Å²) in [6.07, 6.45) is 8.61. The molecule has 0 saturated heterocycles. The number of aromatic carboxylic acids is 1.